The summed E-state index contributed by atoms with van der Waals surface area (Å²) >= 11 is 5.05. The van der Waals surface area contributed by atoms with Gasteiger partial charge in [-0.3, -0.25) is 4.79 Å². The van der Waals surface area contributed by atoms with Crippen LogP contribution in [-0.2, 0) is 0 Å². The summed E-state index contributed by atoms with van der Waals surface area (Å²) in [6, 6.07) is 2.44. The molecule has 14 heavy (non-hydrogen) atoms. The number of hydrogen-bond donors (Lipinski definition) is 0. The van der Waals surface area contributed by atoms with Gasteiger partial charge in [0.05, 0.1) is 5.56 Å². The van der Waals surface area contributed by atoms with Crippen LogP contribution >= 0.6 is 11.6 Å². The number of nitriles is 1. The lowest BCUT2D eigenvalue weighted by molar-refractivity contribution is 0.106. The van der Waals surface area contributed by atoms with Crippen LogP contribution in [0.5, 0.6) is 0 Å². The molecule has 0 N–H and O–H groups in total. The third-order valence-corrected chi connectivity index (χ3v) is 1.70. The number of rotatable bonds is 2. The first-order valence-electron chi connectivity index (χ1n) is 3.44. The molecule has 0 fully saturated rings. The number of carbonyl (C=O) groups is 1. The molecular weight excluding hydrogens is 214 g/mol. The Morgan fingerprint density at radius 1 is 1.64 bits per heavy atom. The minimum atomic E-state index is -2.86. The molecule has 1 aromatic rings. The molecule has 3 nitrogen and oxygen atoms in total. The Balaban J connectivity index is 3.33. The molecule has 72 valence electrons. The molecule has 6 heteroatoms. The Morgan fingerprint density at radius 2 is 2.29 bits per heavy atom. The maximum atomic E-state index is 12.4. The Morgan fingerprint density at radius 3 is 2.71 bits per heavy atom. The minimum absolute atomic E-state index is 0.179. The van der Waals surface area contributed by atoms with Gasteiger partial charge in [0.15, 0.2) is 0 Å². The molecule has 1 aromatic heterocycles. The van der Waals surface area contributed by atoms with Crippen molar-refractivity contribution in [1.82, 2.24) is 4.98 Å². The zero-order valence-electron chi connectivity index (χ0n) is 6.67. The van der Waals surface area contributed by atoms with Gasteiger partial charge in [0.2, 0.25) is 0 Å². The Kier molecular flexibility index (Phi) is 3.10. The fraction of sp³-hybridized carbons (Fsp3) is 0.125. The van der Waals surface area contributed by atoms with E-state index >= 15 is 0 Å². The van der Waals surface area contributed by atoms with Crippen LogP contribution in [0.4, 0.5) is 8.78 Å². The Hall–Kier alpha value is -1.54. The lowest BCUT2D eigenvalue weighted by Gasteiger charge is -2.03. The van der Waals surface area contributed by atoms with Crippen molar-refractivity contribution in [3.05, 3.63) is 29.1 Å². The van der Waals surface area contributed by atoms with Crippen LogP contribution in [0.25, 0.3) is 0 Å². The summed E-state index contributed by atoms with van der Waals surface area (Å²) in [6.07, 6.45) is -1.99. The van der Waals surface area contributed by atoms with Crippen molar-refractivity contribution in [1.29, 1.82) is 5.26 Å². The van der Waals surface area contributed by atoms with Gasteiger partial charge in [0.1, 0.15) is 11.8 Å². The Bertz CT molecular complexity index is 414. The van der Waals surface area contributed by atoms with E-state index in [1.807, 2.05) is 0 Å². The van der Waals surface area contributed by atoms with E-state index in [-0.39, 0.29) is 11.3 Å². The summed E-state index contributed by atoms with van der Waals surface area (Å²) in [5, 5.41) is 7.38. The molecule has 1 heterocycles. The van der Waals surface area contributed by atoms with Gasteiger partial charge in [-0.1, -0.05) is 0 Å². The van der Waals surface area contributed by atoms with Crippen LogP contribution in [0.2, 0.25) is 0 Å². The Labute approximate surface area is 82.9 Å². The van der Waals surface area contributed by atoms with Crippen molar-refractivity contribution in [3.63, 3.8) is 0 Å². The van der Waals surface area contributed by atoms with Crippen molar-refractivity contribution < 1.29 is 13.6 Å². The molecule has 0 spiro atoms. The van der Waals surface area contributed by atoms with Crippen molar-refractivity contribution in [2.45, 2.75) is 6.43 Å². The van der Waals surface area contributed by atoms with Gasteiger partial charge in [-0.2, -0.15) is 5.26 Å². The van der Waals surface area contributed by atoms with E-state index in [1.54, 1.807) is 6.07 Å². The second-order valence-corrected chi connectivity index (χ2v) is 2.69. The molecule has 0 aliphatic carbocycles. The molecule has 0 aliphatic rings. The average Bonchev–Trinajstić information content (AvgIpc) is 2.16. The van der Waals surface area contributed by atoms with E-state index in [0.717, 1.165) is 12.3 Å². The van der Waals surface area contributed by atoms with Gasteiger partial charge in [0, 0.05) is 11.8 Å². The molecule has 0 atom stereocenters. The van der Waals surface area contributed by atoms with Crippen molar-refractivity contribution in [2.75, 3.05) is 0 Å². The molecule has 0 unspecified atom stereocenters. The molecule has 0 amide bonds. The first-order chi connectivity index (χ1) is 6.56. The fourth-order valence-corrected chi connectivity index (χ4v) is 1.03. The third kappa shape index (κ3) is 2.03. The number of nitrogens with zero attached hydrogens (tertiary/aromatic N) is 2. The van der Waals surface area contributed by atoms with E-state index in [4.69, 9.17) is 16.9 Å². The zero-order valence-corrected chi connectivity index (χ0v) is 7.42. The smallest absolute Gasteiger partial charge is 0.264 e. The summed E-state index contributed by atoms with van der Waals surface area (Å²) in [6.45, 7) is 0. The zero-order chi connectivity index (χ0) is 10.7. The van der Waals surface area contributed by atoms with E-state index in [1.165, 1.54) is 0 Å². The topological polar surface area (TPSA) is 53.8 Å². The first kappa shape index (κ1) is 10.5. The number of halogens is 3. The summed E-state index contributed by atoms with van der Waals surface area (Å²) in [5.74, 6) is 0. The molecule has 0 saturated carbocycles. The van der Waals surface area contributed by atoms with Crippen molar-refractivity contribution >= 4 is 16.8 Å². The van der Waals surface area contributed by atoms with Crippen LogP contribution in [0.3, 0.4) is 0 Å². The summed E-state index contributed by atoms with van der Waals surface area (Å²) in [5.41, 5.74) is -1.13. The van der Waals surface area contributed by atoms with Gasteiger partial charge >= 0.3 is 0 Å². The molecule has 0 saturated heterocycles. The van der Waals surface area contributed by atoms with E-state index in [0.29, 0.717) is 0 Å². The average molecular weight is 217 g/mol. The first-order valence-corrected chi connectivity index (χ1v) is 3.82. The summed E-state index contributed by atoms with van der Waals surface area (Å²) in [4.78, 5) is 14.1. The molecular formula is C8H3ClF2N2O. The van der Waals surface area contributed by atoms with Crippen LogP contribution in [0, 0.1) is 11.3 Å². The van der Waals surface area contributed by atoms with Crippen molar-refractivity contribution in [3.8, 4) is 6.07 Å². The van der Waals surface area contributed by atoms with Gasteiger partial charge < -0.3 is 0 Å². The predicted octanol–water partition coefficient (Wildman–Crippen LogP) is 2.27. The van der Waals surface area contributed by atoms with Gasteiger partial charge in [-0.05, 0) is 17.7 Å². The normalized spacial score (nSPS) is 9.93. The summed E-state index contributed by atoms with van der Waals surface area (Å²) in [7, 11) is 0. The van der Waals surface area contributed by atoms with Crippen LogP contribution in [0.15, 0.2) is 12.3 Å². The highest BCUT2D eigenvalue weighted by Gasteiger charge is 2.18. The SMILES string of the molecule is N#Cc1cc(C(F)F)c(C(=O)Cl)cn1. The van der Waals surface area contributed by atoms with Crippen LogP contribution in [0.1, 0.15) is 28.0 Å². The highest BCUT2D eigenvalue weighted by Crippen LogP contribution is 2.24. The van der Waals surface area contributed by atoms with Gasteiger partial charge in [-0.25, -0.2) is 13.8 Å². The fourth-order valence-electron chi connectivity index (χ4n) is 0.877. The van der Waals surface area contributed by atoms with Crippen LogP contribution < -0.4 is 0 Å². The highest BCUT2D eigenvalue weighted by molar-refractivity contribution is 6.67. The van der Waals surface area contributed by atoms with Gasteiger partial charge in [-0.15, -0.1) is 0 Å². The number of aromatic nitrogens is 1. The number of pyridine rings is 1. The quantitative estimate of drug-likeness (QED) is 0.713. The monoisotopic (exact) mass is 216 g/mol. The molecule has 0 aromatic carbocycles. The molecule has 0 bridgehead atoms. The van der Waals surface area contributed by atoms with E-state index < -0.39 is 17.2 Å². The van der Waals surface area contributed by atoms with Gasteiger partial charge in [0.25, 0.3) is 11.7 Å². The predicted molar refractivity (Wildman–Crippen MR) is 44.1 cm³/mol. The second-order valence-electron chi connectivity index (χ2n) is 2.34. The molecule has 1 rings (SSSR count). The number of alkyl halides is 2. The maximum Gasteiger partial charge on any atom is 0.264 e. The van der Waals surface area contributed by atoms with E-state index in [2.05, 4.69) is 4.98 Å². The largest absolute Gasteiger partial charge is 0.276 e. The lowest BCUT2D eigenvalue weighted by Crippen LogP contribution is -2.00. The van der Waals surface area contributed by atoms with Crippen LogP contribution in [-0.4, -0.2) is 10.2 Å². The third-order valence-electron chi connectivity index (χ3n) is 1.50. The number of carbonyl (C=O) groups excluding carboxylic acids is 1. The molecule has 0 radical (unpaired) electrons. The standard InChI is InChI=1S/C8H3ClF2N2O/c9-7(14)6-3-13-4(2-12)1-5(6)8(10)11/h1,3,8H. The second kappa shape index (κ2) is 4.11. The number of hydrogen-bond acceptors (Lipinski definition) is 3. The maximum absolute atomic E-state index is 12.4. The molecule has 0 aliphatic heterocycles. The van der Waals surface area contributed by atoms with E-state index in [9.17, 15) is 13.6 Å². The minimum Gasteiger partial charge on any atom is -0.276 e. The van der Waals surface area contributed by atoms with Crippen molar-refractivity contribution in [2.24, 2.45) is 0 Å². The highest BCUT2D eigenvalue weighted by atomic mass is 35.5. The lowest BCUT2D eigenvalue weighted by atomic mass is 10.1. The summed E-state index contributed by atoms with van der Waals surface area (Å²) < 4.78 is 24.7.